The number of esters is 1. The lowest BCUT2D eigenvalue weighted by Gasteiger charge is -2.32. The lowest BCUT2D eigenvalue weighted by atomic mass is 9.79. The molecular weight excluding hydrogens is 280 g/mol. The molecule has 2 heterocycles. The summed E-state index contributed by atoms with van der Waals surface area (Å²) in [5, 5.41) is -0.214. The number of methoxy groups -OCH3 is 1. The first-order valence-electron chi connectivity index (χ1n) is 8.42. The highest BCUT2D eigenvalue weighted by Crippen LogP contribution is 2.36. The molecule has 5 nitrogen and oxygen atoms in total. The van der Waals surface area contributed by atoms with Gasteiger partial charge in [0.25, 0.3) is 0 Å². The van der Waals surface area contributed by atoms with E-state index in [-0.39, 0.29) is 10.5 Å². The Labute approximate surface area is 130 Å². The van der Waals surface area contributed by atoms with Gasteiger partial charge in [0, 0.05) is 11.6 Å². The highest BCUT2D eigenvalue weighted by Gasteiger charge is 2.52. The van der Waals surface area contributed by atoms with Gasteiger partial charge >= 0.3 is 13.1 Å². The number of pyridine rings is 1. The maximum absolute atomic E-state index is 12.0. The van der Waals surface area contributed by atoms with Crippen molar-refractivity contribution in [1.29, 1.82) is 0 Å². The van der Waals surface area contributed by atoms with Crippen molar-refractivity contribution in [2.45, 2.75) is 38.9 Å². The summed E-state index contributed by atoms with van der Waals surface area (Å²) in [6.07, 6.45) is -0.514. The maximum atomic E-state index is 12.0. The van der Waals surface area contributed by atoms with Crippen LogP contribution in [0, 0.1) is 0 Å². The lowest BCUT2D eigenvalue weighted by Crippen LogP contribution is -2.41. The summed E-state index contributed by atoms with van der Waals surface area (Å²) in [6, 6.07) is -0.506. The predicted octanol–water partition coefficient (Wildman–Crippen LogP) is 1.82. The first-order chi connectivity index (χ1) is 11.2. The molecule has 1 aliphatic heterocycles. The van der Waals surface area contributed by atoms with Gasteiger partial charge in [0.15, 0.2) is 0 Å². The van der Waals surface area contributed by atoms with Gasteiger partial charge in [-0.1, -0.05) is 11.6 Å². The van der Waals surface area contributed by atoms with E-state index < -0.39 is 49.2 Å². The summed E-state index contributed by atoms with van der Waals surface area (Å²) < 4.78 is 52.8. The van der Waals surface area contributed by atoms with Gasteiger partial charge in [-0.25, -0.2) is 9.78 Å². The second-order valence-electron chi connectivity index (χ2n) is 5.40. The van der Waals surface area contributed by atoms with E-state index in [1.54, 1.807) is 27.7 Å². The molecule has 1 aliphatic rings. The Kier molecular flexibility index (Phi) is 2.45. The summed E-state index contributed by atoms with van der Waals surface area (Å²) in [7, 11) is -4.12. The van der Waals surface area contributed by atoms with Crippen LogP contribution in [-0.4, -0.2) is 36.3 Å². The molecular formula is C13H17BClNO4. The van der Waals surface area contributed by atoms with Crippen LogP contribution in [0.2, 0.25) is 5.02 Å². The molecule has 0 atom stereocenters. The van der Waals surface area contributed by atoms with Gasteiger partial charge in [0.05, 0.1) is 30.1 Å². The van der Waals surface area contributed by atoms with Crippen LogP contribution in [0.25, 0.3) is 0 Å². The van der Waals surface area contributed by atoms with Crippen molar-refractivity contribution >= 4 is 30.2 Å². The van der Waals surface area contributed by atoms with Crippen molar-refractivity contribution in [2.75, 3.05) is 7.04 Å². The minimum Gasteiger partial charge on any atom is -0.464 e. The van der Waals surface area contributed by atoms with E-state index in [1.807, 2.05) is 0 Å². The van der Waals surface area contributed by atoms with Crippen LogP contribution in [-0.2, 0) is 14.0 Å². The average Bonchev–Trinajstić information content (AvgIpc) is 2.60. The quantitative estimate of drug-likeness (QED) is 0.616. The van der Waals surface area contributed by atoms with Crippen LogP contribution in [0.5, 0.6) is 0 Å². The Morgan fingerprint density at radius 2 is 2.05 bits per heavy atom. The zero-order chi connectivity index (χ0) is 19.4. The third-order valence-electron chi connectivity index (χ3n) is 3.53. The van der Waals surface area contributed by atoms with E-state index in [4.69, 9.17) is 27.8 Å². The van der Waals surface area contributed by atoms with Gasteiger partial charge in [-0.3, -0.25) is 0 Å². The van der Waals surface area contributed by atoms with Crippen LogP contribution in [0.3, 0.4) is 0 Å². The first kappa shape index (κ1) is 9.76. The third-order valence-corrected chi connectivity index (χ3v) is 3.82. The predicted molar refractivity (Wildman–Crippen MR) is 76.3 cm³/mol. The van der Waals surface area contributed by atoms with Crippen LogP contribution in [0.15, 0.2) is 12.2 Å². The molecule has 108 valence electrons. The molecule has 0 N–H and O–H groups in total. The molecule has 0 aromatic carbocycles. The van der Waals surface area contributed by atoms with Crippen molar-refractivity contribution in [3.8, 4) is 0 Å². The Balaban J connectivity index is 2.52. The van der Waals surface area contributed by atoms with Crippen LogP contribution in [0.1, 0.15) is 45.0 Å². The maximum Gasteiger partial charge on any atom is 0.496 e. The molecule has 1 saturated heterocycles. The number of nitrogens with zero attached hydrogens (tertiary/aromatic N) is 1. The molecule has 7 heteroatoms. The average molecular weight is 303 g/mol. The van der Waals surface area contributed by atoms with Gasteiger partial charge in [-0.15, -0.1) is 0 Å². The SMILES string of the molecule is [2H]c1nc(C(=O)OC([2H])([2H])[2H])c([2H])c(B2OC(C)(C)C(C)(C)O2)c1Cl. The fraction of sp³-hybridized carbons (Fsp3) is 0.538. The molecule has 20 heavy (non-hydrogen) atoms. The number of carbonyl (C=O) groups is 1. The molecule has 1 fully saturated rings. The number of aromatic nitrogens is 1. The van der Waals surface area contributed by atoms with Gasteiger partial charge in [-0.05, 0) is 33.7 Å². The minimum atomic E-state index is -3.00. The number of hydrogen-bond acceptors (Lipinski definition) is 5. The summed E-state index contributed by atoms with van der Waals surface area (Å²) in [4.78, 5) is 15.6. The largest absolute Gasteiger partial charge is 0.496 e. The molecule has 0 radical (unpaired) electrons. The Hall–Kier alpha value is -1.11. The topological polar surface area (TPSA) is 57.7 Å². The van der Waals surface area contributed by atoms with Crippen molar-refractivity contribution in [3.05, 3.63) is 22.9 Å². The van der Waals surface area contributed by atoms with Gasteiger partial charge in [0.2, 0.25) is 0 Å². The van der Waals surface area contributed by atoms with E-state index in [1.165, 1.54) is 0 Å². The second kappa shape index (κ2) is 5.02. The molecule has 0 spiro atoms. The van der Waals surface area contributed by atoms with Crippen LogP contribution >= 0.6 is 11.6 Å². The van der Waals surface area contributed by atoms with Gasteiger partial charge in [0.1, 0.15) is 5.69 Å². The van der Waals surface area contributed by atoms with E-state index in [0.717, 1.165) is 0 Å². The Morgan fingerprint density at radius 1 is 1.45 bits per heavy atom. The van der Waals surface area contributed by atoms with Gasteiger partial charge in [-0.2, -0.15) is 0 Å². The standard InChI is InChI=1S/C13H17BClNO4/c1-12(2)13(3,4)20-14(19-12)8-6-10(11(17)18-5)16-7-9(8)15/h6-7H,1-5H3/i5D3,6D,7D. The number of halogens is 1. The van der Waals surface area contributed by atoms with Crippen molar-refractivity contribution in [3.63, 3.8) is 0 Å². The minimum absolute atomic E-state index is 0.0715. The smallest absolute Gasteiger partial charge is 0.464 e. The fourth-order valence-corrected chi connectivity index (χ4v) is 1.82. The second-order valence-corrected chi connectivity index (χ2v) is 5.78. The van der Waals surface area contributed by atoms with E-state index in [2.05, 4.69) is 9.72 Å². The molecule has 2 rings (SSSR count). The van der Waals surface area contributed by atoms with E-state index in [0.29, 0.717) is 0 Å². The van der Waals surface area contributed by atoms with E-state index >= 15 is 0 Å². The highest BCUT2D eigenvalue weighted by atomic mass is 35.5. The first-order valence-corrected chi connectivity index (χ1v) is 6.29. The highest BCUT2D eigenvalue weighted by molar-refractivity contribution is 6.65. The van der Waals surface area contributed by atoms with Crippen LogP contribution < -0.4 is 5.46 Å². The summed E-state index contributed by atoms with van der Waals surface area (Å²) in [6.45, 7) is 7.16. The summed E-state index contributed by atoms with van der Waals surface area (Å²) in [5.74, 6) is -1.35. The van der Waals surface area contributed by atoms with Crippen molar-refractivity contribution < 1.29 is 25.7 Å². The molecule has 0 saturated carbocycles. The zero-order valence-corrected chi connectivity index (χ0v) is 12.3. The lowest BCUT2D eigenvalue weighted by molar-refractivity contribution is 0.00578. The third kappa shape index (κ3) is 2.55. The van der Waals surface area contributed by atoms with Gasteiger partial charge < -0.3 is 14.0 Å². The molecule has 0 aliphatic carbocycles. The molecule has 1 aromatic rings. The fourth-order valence-electron chi connectivity index (χ4n) is 1.64. The molecule has 0 amide bonds. The van der Waals surface area contributed by atoms with E-state index in [9.17, 15) is 4.79 Å². The molecule has 1 aromatic heterocycles. The van der Waals surface area contributed by atoms with Crippen molar-refractivity contribution in [1.82, 2.24) is 4.98 Å². The summed E-state index contributed by atoms with van der Waals surface area (Å²) >= 11 is 6.08. The number of hydrogen-bond donors (Lipinski definition) is 0. The normalized spacial score (nSPS) is 24.2. The summed E-state index contributed by atoms with van der Waals surface area (Å²) in [5.41, 5.74) is -2.19. The van der Waals surface area contributed by atoms with Crippen LogP contribution in [0.4, 0.5) is 0 Å². The Bertz CT molecular complexity index is 709. The van der Waals surface area contributed by atoms with Crippen molar-refractivity contribution in [2.24, 2.45) is 0 Å². The molecule has 0 unspecified atom stereocenters. The monoisotopic (exact) mass is 302 g/mol. The Morgan fingerprint density at radius 3 is 2.60 bits per heavy atom. The number of ether oxygens (including phenoxy) is 1. The number of carbonyl (C=O) groups excluding carboxylic acids is 1. The zero-order valence-electron chi connectivity index (χ0n) is 16.5. The molecule has 0 bridgehead atoms. The number of rotatable bonds is 2.